The zero-order valence-electron chi connectivity index (χ0n) is 17.4. The van der Waals surface area contributed by atoms with Crippen molar-refractivity contribution in [3.05, 3.63) is 47.8 Å². The molecule has 0 aliphatic carbocycles. The van der Waals surface area contributed by atoms with Gasteiger partial charge in [-0.3, -0.25) is 4.98 Å². The summed E-state index contributed by atoms with van der Waals surface area (Å²) in [5, 5.41) is 11.6. The number of anilines is 1. The van der Waals surface area contributed by atoms with E-state index in [-0.39, 0.29) is 0 Å². The van der Waals surface area contributed by atoms with Crippen molar-refractivity contribution < 1.29 is 0 Å². The molecule has 2 saturated heterocycles. The van der Waals surface area contributed by atoms with E-state index >= 15 is 0 Å². The van der Waals surface area contributed by atoms with Crippen LogP contribution in [-0.2, 0) is 6.42 Å². The second kappa shape index (κ2) is 8.84. The van der Waals surface area contributed by atoms with Crippen molar-refractivity contribution in [1.82, 2.24) is 40.1 Å². The number of nitrogens with zero attached hydrogens (tertiary/aromatic N) is 9. The first-order valence-electron chi connectivity index (χ1n) is 10.8. The molecule has 0 radical (unpaired) electrons. The minimum atomic E-state index is 0.464. The Hall–Kier alpha value is -2.65. The van der Waals surface area contributed by atoms with Crippen molar-refractivity contribution in [2.45, 2.75) is 32.1 Å². The minimum absolute atomic E-state index is 0.464. The molecule has 0 amide bonds. The van der Waals surface area contributed by atoms with Gasteiger partial charge in [-0.1, -0.05) is 17.7 Å². The maximum absolute atomic E-state index is 6.01. The van der Waals surface area contributed by atoms with Crippen LogP contribution in [0.15, 0.2) is 37.1 Å². The van der Waals surface area contributed by atoms with E-state index in [1.54, 1.807) is 17.2 Å². The lowest BCUT2D eigenvalue weighted by atomic mass is 9.71. The Kier molecular flexibility index (Phi) is 5.78. The number of tetrazole rings is 1. The molecule has 3 aromatic rings. The van der Waals surface area contributed by atoms with E-state index in [1.807, 2.05) is 18.5 Å². The van der Waals surface area contributed by atoms with Gasteiger partial charge in [0.1, 0.15) is 17.3 Å². The molecule has 5 heterocycles. The Bertz CT molecular complexity index is 974. The summed E-state index contributed by atoms with van der Waals surface area (Å²) >= 11 is 6.01. The van der Waals surface area contributed by atoms with Crippen LogP contribution in [0.2, 0.25) is 5.15 Å². The van der Waals surface area contributed by atoms with E-state index in [9.17, 15) is 0 Å². The zero-order chi connectivity index (χ0) is 21.1. The molecule has 2 aliphatic rings. The first-order valence-corrected chi connectivity index (χ1v) is 11.2. The number of aromatic nitrogens is 7. The van der Waals surface area contributed by atoms with Crippen molar-refractivity contribution in [2.75, 3.05) is 37.6 Å². The SMILES string of the molecule is Clc1cncc(N2CCC3(CCN(CCc4ccc(-n5cnnn5)nc4)CC3)CC2)n1. The van der Waals surface area contributed by atoms with E-state index in [0.717, 1.165) is 37.7 Å². The first kappa shape index (κ1) is 20.3. The Morgan fingerprint density at radius 1 is 0.935 bits per heavy atom. The van der Waals surface area contributed by atoms with Crippen molar-refractivity contribution in [1.29, 1.82) is 0 Å². The molecular formula is C21H26ClN9. The Morgan fingerprint density at radius 2 is 1.74 bits per heavy atom. The van der Waals surface area contributed by atoms with Crippen LogP contribution >= 0.6 is 11.6 Å². The molecule has 10 heteroatoms. The fraction of sp³-hybridized carbons (Fsp3) is 0.524. The lowest BCUT2D eigenvalue weighted by molar-refractivity contribution is 0.0804. The van der Waals surface area contributed by atoms with Crippen LogP contribution in [0.4, 0.5) is 5.82 Å². The summed E-state index contributed by atoms with van der Waals surface area (Å²) in [6.45, 7) is 5.50. The lowest BCUT2D eigenvalue weighted by Gasteiger charge is -2.47. The average Bonchev–Trinajstić information content (AvgIpc) is 3.35. The van der Waals surface area contributed by atoms with Gasteiger partial charge in [0.2, 0.25) is 0 Å². The summed E-state index contributed by atoms with van der Waals surface area (Å²) in [5.74, 6) is 1.64. The van der Waals surface area contributed by atoms with Crippen LogP contribution in [0.3, 0.4) is 0 Å². The van der Waals surface area contributed by atoms with E-state index in [0.29, 0.717) is 10.6 Å². The number of rotatable bonds is 5. The van der Waals surface area contributed by atoms with Crippen LogP contribution in [0, 0.1) is 5.41 Å². The normalized spacial score (nSPS) is 19.1. The minimum Gasteiger partial charge on any atom is -0.355 e. The molecule has 2 aliphatic heterocycles. The van der Waals surface area contributed by atoms with Crippen LogP contribution in [0.5, 0.6) is 0 Å². The van der Waals surface area contributed by atoms with E-state index in [1.165, 1.54) is 44.3 Å². The fourth-order valence-electron chi connectivity index (χ4n) is 4.70. The molecule has 0 saturated carbocycles. The van der Waals surface area contributed by atoms with Crippen molar-refractivity contribution in [2.24, 2.45) is 5.41 Å². The van der Waals surface area contributed by atoms with Gasteiger partial charge in [0.05, 0.1) is 12.4 Å². The molecule has 0 bridgehead atoms. The zero-order valence-corrected chi connectivity index (χ0v) is 18.2. The van der Waals surface area contributed by atoms with Gasteiger partial charge in [0.25, 0.3) is 0 Å². The number of hydrogen-bond donors (Lipinski definition) is 0. The average molecular weight is 440 g/mol. The Labute approximate surface area is 186 Å². The highest BCUT2D eigenvalue weighted by molar-refractivity contribution is 6.29. The highest BCUT2D eigenvalue weighted by atomic mass is 35.5. The predicted molar refractivity (Wildman–Crippen MR) is 117 cm³/mol. The Morgan fingerprint density at radius 3 is 2.42 bits per heavy atom. The molecule has 5 rings (SSSR count). The largest absolute Gasteiger partial charge is 0.355 e. The summed E-state index contributed by atoms with van der Waals surface area (Å²) < 4.78 is 1.57. The molecule has 31 heavy (non-hydrogen) atoms. The molecule has 0 aromatic carbocycles. The lowest BCUT2D eigenvalue weighted by Crippen LogP contribution is -2.47. The van der Waals surface area contributed by atoms with Crippen LogP contribution in [0.1, 0.15) is 31.2 Å². The van der Waals surface area contributed by atoms with E-state index in [2.05, 4.69) is 46.3 Å². The molecular weight excluding hydrogens is 414 g/mol. The monoisotopic (exact) mass is 439 g/mol. The quantitative estimate of drug-likeness (QED) is 0.598. The number of halogens is 1. The predicted octanol–water partition coefficient (Wildman–Crippen LogP) is 2.43. The third-order valence-corrected chi connectivity index (χ3v) is 6.95. The van der Waals surface area contributed by atoms with Gasteiger partial charge < -0.3 is 9.80 Å². The third kappa shape index (κ3) is 4.67. The summed E-state index contributed by atoms with van der Waals surface area (Å²) in [7, 11) is 0. The summed E-state index contributed by atoms with van der Waals surface area (Å²) in [5.41, 5.74) is 1.72. The molecule has 1 spiro atoms. The van der Waals surface area contributed by atoms with Gasteiger partial charge >= 0.3 is 0 Å². The van der Waals surface area contributed by atoms with Crippen molar-refractivity contribution in [3.63, 3.8) is 0 Å². The van der Waals surface area contributed by atoms with E-state index in [4.69, 9.17) is 11.6 Å². The maximum atomic E-state index is 6.01. The molecule has 162 valence electrons. The van der Waals surface area contributed by atoms with Crippen molar-refractivity contribution >= 4 is 17.4 Å². The summed E-state index contributed by atoms with van der Waals surface area (Å²) in [4.78, 5) is 18.0. The smallest absolute Gasteiger partial charge is 0.156 e. The van der Waals surface area contributed by atoms with Crippen LogP contribution in [-0.4, -0.2) is 72.8 Å². The van der Waals surface area contributed by atoms with Gasteiger partial charge in [-0.25, -0.2) is 9.97 Å². The van der Waals surface area contributed by atoms with E-state index < -0.39 is 0 Å². The first-order chi connectivity index (χ1) is 15.2. The molecule has 9 nitrogen and oxygen atoms in total. The van der Waals surface area contributed by atoms with Gasteiger partial charge in [-0.05, 0) is 72.7 Å². The van der Waals surface area contributed by atoms with Crippen LogP contribution < -0.4 is 4.90 Å². The van der Waals surface area contributed by atoms with Crippen LogP contribution in [0.25, 0.3) is 5.82 Å². The second-order valence-corrected chi connectivity index (χ2v) is 8.94. The third-order valence-electron chi connectivity index (χ3n) is 6.77. The maximum Gasteiger partial charge on any atom is 0.156 e. The number of likely N-dealkylation sites (tertiary alicyclic amines) is 1. The molecule has 0 N–H and O–H groups in total. The number of piperidine rings is 2. The van der Waals surface area contributed by atoms with Crippen molar-refractivity contribution in [3.8, 4) is 5.82 Å². The van der Waals surface area contributed by atoms with Gasteiger partial charge in [0.15, 0.2) is 5.82 Å². The molecule has 0 unspecified atom stereocenters. The molecule has 2 fully saturated rings. The van der Waals surface area contributed by atoms with Gasteiger partial charge in [-0.2, -0.15) is 4.68 Å². The summed E-state index contributed by atoms with van der Waals surface area (Å²) in [6.07, 6.45) is 12.9. The highest BCUT2D eigenvalue weighted by Gasteiger charge is 2.37. The second-order valence-electron chi connectivity index (χ2n) is 8.56. The molecule has 0 atom stereocenters. The standard InChI is InChI=1S/C21H26ClN9/c22-18-14-23-15-20(26-18)30-11-6-21(7-12-30)4-9-29(10-5-21)8-3-17-1-2-19(24-13-17)31-16-25-27-28-31/h1-2,13-16H,3-12H2. The van der Waals surface area contributed by atoms with Gasteiger partial charge in [-0.15, -0.1) is 5.10 Å². The highest BCUT2D eigenvalue weighted by Crippen LogP contribution is 2.41. The molecule has 3 aromatic heterocycles. The Balaban J connectivity index is 1.09. The topological polar surface area (TPSA) is 88.8 Å². The number of hydrogen-bond acceptors (Lipinski definition) is 8. The fourth-order valence-corrected chi connectivity index (χ4v) is 4.84. The van der Waals surface area contributed by atoms with Gasteiger partial charge in [0, 0.05) is 25.8 Å². The number of pyridine rings is 1. The summed E-state index contributed by atoms with van der Waals surface area (Å²) in [6, 6.07) is 4.08.